The van der Waals surface area contributed by atoms with E-state index in [-0.39, 0.29) is 0 Å². The first kappa shape index (κ1) is 7.60. The predicted molar refractivity (Wildman–Crippen MR) is 43.4 cm³/mol. The number of pyridine rings is 1. The third-order valence-corrected chi connectivity index (χ3v) is 1.33. The maximum absolute atomic E-state index is 6.59. The lowest BCUT2D eigenvalue weighted by Crippen LogP contribution is -2.26. The van der Waals surface area contributed by atoms with Gasteiger partial charge < -0.3 is 0 Å². The van der Waals surface area contributed by atoms with Crippen LogP contribution in [0.3, 0.4) is 0 Å². The molecule has 0 unspecified atom stereocenters. The maximum Gasteiger partial charge on any atom is 0.0897 e. The Labute approximate surface area is 64.6 Å². The second kappa shape index (κ2) is 3.05. The molecule has 0 bridgehead atoms. The summed E-state index contributed by atoms with van der Waals surface area (Å²) in [5.41, 5.74) is 7.66. The van der Waals surface area contributed by atoms with Gasteiger partial charge in [0.25, 0.3) is 0 Å². The number of aryl methyl sites for hydroxylation is 1. The molecule has 1 heterocycles. The molecule has 56 valence electrons. The molecule has 0 atom stereocenters. The van der Waals surface area contributed by atoms with Gasteiger partial charge in [0.05, 0.1) is 11.5 Å². The quantitative estimate of drug-likeness (QED) is 0.580. The molecular formula is C8H9N3. The number of hydrogen-bond donors (Lipinski definition) is 1. The molecule has 3 heteroatoms. The Bertz CT molecular complexity index is 367. The average Bonchev–Trinajstić information content (AvgIpc) is 1.95. The zero-order valence-electron chi connectivity index (χ0n) is 6.33. The number of nitrogens with zero attached hydrogens (tertiary/aromatic N) is 2. The average molecular weight is 147 g/mol. The molecule has 1 N–H and O–H groups in total. The highest BCUT2D eigenvalue weighted by molar-refractivity contribution is 5.21. The van der Waals surface area contributed by atoms with E-state index in [2.05, 4.69) is 16.7 Å². The summed E-state index contributed by atoms with van der Waals surface area (Å²) in [7, 11) is 0. The Morgan fingerprint density at radius 3 is 3.00 bits per heavy atom. The molecule has 1 rings (SSSR count). The van der Waals surface area contributed by atoms with Crippen molar-refractivity contribution in [1.29, 1.82) is 5.53 Å². The summed E-state index contributed by atoms with van der Waals surface area (Å²) >= 11 is 0. The van der Waals surface area contributed by atoms with E-state index in [9.17, 15) is 0 Å². The van der Waals surface area contributed by atoms with Gasteiger partial charge in [-0.05, 0) is 23.8 Å². The SMILES string of the molecule is C=c1cc(C)cn/c1=C/N=N. The monoisotopic (exact) mass is 147 g/mol. The minimum atomic E-state index is 0.658. The van der Waals surface area contributed by atoms with E-state index in [1.165, 1.54) is 6.20 Å². The molecule has 0 aromatic carbocycles. The highest BCUT2D eigenvalue weighted by Crippen LogP contribution is 1.81. The molecule has 0 saturated carbocycles. The van der Waals surface area contributed by atoms with Crippen molar-refractivity contribution >= 4 is 12.8 Å². The number of nitrogens with one attached hydrogen (secondary N) is 1. The molecule has 3 nitrogen and oxygen atoms in total. The summed E-state index contributed by atoms with van der Waals surface area (Å²) < 4.78 is 0. The van der Waals surface area contributed by atoms with Crippen LogP contribution in [0.1, 0.15) is 5.56 Å². The molecule has 0 aliphatic heterocycles. The molecule has 0 saturated heterocycles. The van der Waals surface area contributed by atoms with Gasteiger partial charge in [-0.15, -0.1) is 0 Å². The number of rotatable bonds is 1. The van der Waals surface area contributed by atoms with Crippen LogP contribution in [0, 0.1) is 12.5 Å². The highest BCUT2D eigenvalue weighted by Gasteiger charge is 1.84. The van der Waals surface area contributed by atoms with Gasteiger partial charge in [0.15, 0.2) is 0 Å². The Morgan fingerprint density at radius 2 is 2.45 bits per heavy atom. The number of hydrogen-bond acceptors (Lipinski definition) is 3. The Balaban J connectivity index is 3.43. The standard InChI is InChI=1S/C8H9N3/c1-6-3-7(2)8(5-11-9)10-4-6/h3-5,9H,2H2,1H3/b8-5+,11-9?. The molecular weight excluding hydrogens is 138 g/mol. The zero-order valence-corrected chi connectivity index (χ0v) is 6.33. The van der Waals surface area contributed by atoms with Gasteiger partial charge in [0.1, 0.15) is 0 Å². The largest absolute Gasteiger partial charge is 0.254 e. The molecule has 0 amide bonds. The number of aromatic nitrogens is 1. The van der Waals surface area contributed by atoms with Crippen molar-refractivity contribution in [3.05, 3.63) is 28.4 Å². The molecule has 11 heavy (non-hydrogen) atoms. The van der Waals surface area contributed by atoms with Gasteiger partial charge in [-0.1, -0.05) is 6.58 Å². The van der Waals surface area contributed by atoms with E-state index < -0.39 is 0 Å². The van der Waals surface area contributed by atoms with Gasteiger partial charge in [-0.3, -0.25) is 4.98 Å². The molecule has 1 aromatic heterocycles. The van der Waals surface area contributed by atoms with Crippen LogP contribution in [0.5, 0.6) is 0 Å². The van der Waals surface area contributed by atoms with Gasteiger partial charge in [-0.2, -0.15) is 5.11 Å². The fourth-order valence-corrected chi connectivity index (χ4v) is 0.818. The molecule has 0 aliphatic carbocycles. The second-order valence-electron chi connectivity index (χ2n) is 2.32. The second-order valence-corrected chi connectivity index (χ2v) is 2.32. The topological polar surface area (TPSA) is 49.1 Å². The first-order valence-corrected chi connectivity index (χ1v) is 3.22. The van der Waals surface area contributed by atoms with E-state index in [1.807, 2.05) is 13.0 Å². The Kier molecular flexibility index (Phi) is 2.11. The summed E-state index contributed by atoms with van der Waals surface area (Å²) in [6.07, 6.45) is 3.10. The van der Waals surface area contributed by atoms with Gasteiger partial charge in [0.2, 0.25) is 0 Å². The van der Waals surface area contributed by atoms with Crippen LogP contribution in [0.15, 0.2) is 17.4 Å². The third kappa shape index (κ3) is 1.70. The van der Waals surface area contributed by atoms with E-state index in [4.69, 9.17) is 5.53 Å². The normalized spacial score (nSPS) is 11.5. The Hall–Kier alpha value is -1.51. The molecule has 0 fully saturated rings. The van der Waals surface area contributed by atoms with Crippen LogP contribution in [0.4, 0.5) is 0 Å². The van der Waals surface area contributed by atoms with Crippen molar-refractivity contribution in [2.24, 2.45) is 5.11 Å². The van der Waals surface area contributed by atoms with Crippen LogP contribution in [-0.2, 0) is 0 Å². The minimum absolute atomic E-state index is 0.658. The van der Waals surface area contributed by atoms with Crippen LogP contribution in [0.25, 0.3) is 12.8 Å². The lowest BCUT2D eigenvalue weighted by molar-refractivity contribution is 1.13. The summed E-state index contributed by atoms with van der Waals surface area (Å²) in [5, 5.41) is 4.58. The third-order valence-electron chi connectivity index (χ3n) is 1.33. The van der Waals surface area contributed by atoms with E-state index in [0.717, 1.165) is 10.8 Å². The van der Waals surface area contributed by atoms with Crippen molar-refractivity contribution < 1.29 is 0 Å². The zero-order chi connectivity index (χ0) is 8.27. The van der Waals surface area contributed by atoms with E-state index >= 15 is 0 Å². The molecule has 0 radical (unpaired) electrons. The van der Waals surface area contributed by atoms with Gasteiger partial charge in [-0.25, -0.2) is 5.53 Å². The van der Waals surface area contributed by atoms with Crippen molar-refractivity contribution in [3.8, 4) is 0 Å². The smallest absolute Gasteiger partial charge is 0.0897 e. The first-order valence-electron chi connectivity index (χ1n) is 3.22. The van der Waals surface area contributed by atoms with E-state index in [0.29, 0.717) is 5.35 Å². The Morgan fingerprint density at radius 1 is 1.73 bits per heavy atom. The predicted octanol–water partition coefficient (Wildman–Crippen LogP) is 0.569. The molecule has 1 aromatic rings. The van der Waals surface area contributed by atoms with Gasteiger partial charge in [0, 0.05) is 6.20 Å². The minimum Gasteiger partial charge on any atom is -0.254 e. The van der Waals surface area contributed by atoms with Crippen LogP contribution in [-0.4, -0.2) is 4.98 Å². The lowest BCUT2D eigenvalue weighted by atomic mass is 10.3. The summed E-state index contributed by atoms with van der Waals surface area (Å²) in [5.74, 6) is 0. The molecule has 0 aliphatic rings. The fraction of sp³-hybridized carbons (Fsp3) is 0.125. The summed E-state index contributed by atoms with van der Waals surface area (Å²) in [6.45, 7) is 5.71. The maximum atomic E-state index is 6.59. The first-order chi connectivity index (χ1) is 5.24. The fourth-order valence-electron chi connectivity index (χ4n) is 0.818. The summed E-state index contributed by atoms with van der Waals surface area (Å²) in [6, 6.07) is 1.91. The molecule has 0 spiro atoms. The van der Waals surface area contributed by atoms with Crippen molar-refractivity contribution in [2.45, 2.75) is 6.92 Å². The van der Waals surface area contributed by atoms with Crippen LogP contribution >= 0.6 is 0 Å². The lowest BCUT2D eigenvalue weighted by Gasteiger charge is -1.89. The van der Waals surface area contributed by atoms with Crippen LogP contribution in [0.2, 0.25) is 0 Å². The van der Waals surface area contributed by atoms with Crippen molar-refractivity contribution in [3.63, 3.8) is 0 Å². The van der Waals surface area contributed by atoms with Crippen LogP contribution < -0.4 is 10.6 Å². The van der Waals surface area contributed by atoms with Gasteiger partial charge >= 0.3 is 0 Å². The van der Waals surface area contributed by atoms with E-state index in [1.54, 1.807) is 6.20 Å². The van der Waals surface area contributed by atoms with Crippen molar-refractivity contribution in [1.82, 2.24) is 4.98 Å². The van der Waals surface area contributed by atoms with Crippen molar-refractivity contribution in [2.75, 3.05) is 0 Å². The summed E-state index contributed by atoms with van der Waals surface area (Å²) in [4.78, 5) is 4.04. The highest BCUT2D eigenvalue weighted by atomic mass is 14.9.